The molecule has 0 radical (unpaired) electrons. The molecule has 2 aromatic carbocycles. The maximum atomic E-state index is 14.2. The fourth-order valence-electron chi connectivity index (χ4n) is 3.92. The molecule has 1 atom stereocenters. The average molecular weight is 530 g/mol. The van der Waals surface area contributed by atoms with E-state index in [1.54, 1.807) is 39.2 Å². The molecule has 0 bridgehead atoms. The number of ether oxygens (including phenoxy) is 1. The van der Waals surface area contributed by atoms with E-state index >= 15 is 0 Å². The Balaban J connectivity index is 1.60. The summed E-state index contributed by atoms with van der Waals surface area (Å²) in [6, 6.07) is 13.3. The number of hydrogen-bond donors (Lipinski definition) is 2. The molecule has 3 rings (SSSR count). The van der Waals surface area contributed by atoms with Gasteiger partial charge in [-0.15, -0.1) is 0 Å². The number of amides is 2. The van der Waals surface area contributed by atoms with Crippen molar-refractivity contribution in [3.8, 4) is 0 Å². The van der Waals surface area contributed by atoms with Crippen LogP contribution in [-0.2, 0) is 22.5 Å². The molecule has 0 saturated heterocycles. The topological polar surface area (TPSA) is 91.8 Å². The van der Waals surface area contributed by atoms with Gasteiger partial charge < -0.3 is 20.1 Å². The Labute approximate surface area is 221 Å². The highest BCUT2D eigenvalue weighted by molar-refractivity contribution is 6.30. The third kappa shape index (κ3) is 8.68. The van der Waals surface area contributed by atoms with Crippen molar-refractivity contribution in [3.63, 3.8) is 0 Å². The van der Waals surface area contributed by atoms with E-state index in [4.69, 9.17) is 16.3 Å². The van der Waals surface area contributed by atoms with Crippen molar-refractivity contribution < 1.29 is 23.8 Å². The van der Waals surface area contributed by atoms with Gasteiger partial charge in [-0.3, -0.25) is 9.78 Å². The van der Waals surface area contributed by atoms with Crippen LogP contribution in [-0.4, -0.2) is 52.3 Å². The number of aliphatic hydroxyl groups is 1. The van der Waals surface area contributed by atoms with Crippen LogP contribution in [0.15, 0.2) is 54.7 Å². The third-order valence-electron chi connectivity index (χ3n) is 6.11. The number of nitrogens with zero attached hydrogens (tertiary/aromatic N) is 2. The highest BCUT2D eigenvalue weighted by atomic mass is 35.5. The summed E-state index contributed by atoms with van der Waals surface area (Å²) in [7, 11) is 1.59. The van der Waals surface area contributed by atoms with Gasteiger partial charge in [0.2, 0.25) is 0 Å². The predicted octanol–water partition coefficient (Wildman–Crippen LogP) is 5.26. The molecule has 1 aromatic heterocycles. The smallest absolute Gasteiger partial charge is 0.317 e. The number of urea groups is 1. The number of hydrogen-bond acceptors (Lipinski definition) is 5. The molecule has 0 aliphatic heterocycles. The number of nitrogens with one attached hydrogen (secondary N) is 1. The molecule has 0 saturated carbocycles. The average Bonchev–Trinajstić information content (AvgIpc) is 2.85. The summed E-state index contributed by atoms with van der Waals surface area (Å²) in [5.74, 6) is -1.03. The van der Waals surface area contributed by atoms with Crippen LogP contribution < -0.4 is 5.32 Å². The van der Waals surface area contributed by atoms with E-state index in [0.717, 1.165) is 10.8 Å². The number of fused-ring (bicyclic) bond motifs is 1. The standard InChI is InChI=1S/C28H33ClFN3O4/c1-28(2,36)13-7-11-23(33(3)27(35)32-17-21-10-6-12-24(29)26(21)30)18-37-25(34)15-22-14-19-8-4-5-9-20(19)16-31-22/h4-6,8-10,12,14,16,23,36H,7,11,13,15,17-18H2,1-3H3,(H,32,35)/t23-/m0/s1. The number of aromatic nitrogens is 1. The summed E-state index contributed by atoms with van der Waals surface area (Å²) in [5, 5.41) is 14.7. The Hall–Kier alpha value is -3.23. The molecule has 37 heavy (non-hydrogen) atoms. The van der Waals surface area contributed by atoms with E-state index in [0.29, 0.717) is 25.0 Å². The molecule has 0 spiro atoms. The summed E-state index contributed by atoms with van der Waals surface area (Å²) in [5.41, 5.74) is 0.00699. The number of likely N-dealkylation sites (N-methyl/N-ethyl adjacent to an activating group) is 1. The Kier molecular flexibility index (Phi) is 9.83. The number of rotatable bonds is 11. The van der Waals surface area contributed by atoms with Crippen LogP contribution in [0.2, 0.25) is 5.02 Å². The van der Waals surface area contributed by atoms with Gasteiger partial charge in [0, 0.05) is 30.7 Å². The SMILES string of the molecule is CN(C(=O)NCc1cccc(Cl)c1F)[C@@H](CCCC(C)(C)O)COC(=O)Cc1cc2ccccc2cn1. The van der Waals surface area contributed by atoms with Crippen molar-refractivity contribution in [2.45, 2.75) is 57.7 Å². The Morgan fingerprint density at radius 2 is 1.92 bits per heavy atom. The quantitative estimate of drug-likeness (QED) is 0.330. The molecule has 0 aliphatic carbocycles. The van der Waals surface area contributed by atoms with Gasteiger partial charge in [0.15, 0.2) is 0 Å². The highest BCUT2D eigenvalue weighted by Crippen LogP contribution is 2.19. The second-order valence-corrected chi connectivity index (χ2v) is 10.1. The molecular formula is C28H33ClFN3O4. The molecule has 3 aromatic rings. The summed E-state index contributed by atoms with van der Waals surface area (Å²) in [6.45, 7) is 3.37. The zero-order chi connectivity index (χ0) is 27.0. The van der Waals surface area contributed by atoms with Gasteiger partial charge in [0.05, 0.1) is 28.8 Å². The minimum absolute atomic E-state index is 0.00514. The van der Waals surface area contributed by atoms with Crippen LogP contribution >= 0.6 is 11.6 Å². The van der Waals surface area contributed by atoms with E-state index in [9.17, 15) is 19.1 Å². The van der Waals surface area contributed by atoms with Gasteiger partial charge in [0.25, 0.3) is 0 Å². The van der Waals surface area contributed by atoms with Crippen molar-refractivity contribution in [1.29, 1.82) is 0 Å². The van der Waals surface area contributed by atoms with Gasteiger partial charge >= 0.3 is 12.0 Å². The normalized spacial score (nSPS) is 12.3. The number of benzene rings is 2. The molecule has 0 aliphatic rings. The fourth-order valence-corrected chi connectivity index (χ4v) is 4.11. The molecule has 1 heterocycles. The fraction of sp³-hybridized carbons (Fsp3) is 0.393. The number of carbonyl (C=O) groups excluding carboxylic acids is 2. The monoisotopic (exact) mass is 529 g/mol. The molecule has 2 amide bonds. The van der Waals surface area contributed by atoms with Gasteiger partial charge in [0.1, 0.15) is 12.4 Å². The maximum absolute atomic E-state index is 14.2. The molecule has 7 nitrogen and oxygen atoms in total. The number of esters is 1. The number of pyridine rings is 1. The van der Waals surface area contributed by atoms with Crippen LogP contribution in [0.25, 0.3) is 10.8 Å². The number of carbonyl (C=O) groups is 2. The Morgan fingerprint density at radius 3 is 2.65 bits per heavy atom. The second kappa shape index (κ2) is 12.8. The highest BCUT2D eigenvalue weighted by Gasteiger charge is 2.23. The second-order valence-electron chi connectivity index (χ2n) is 9.72. The van der Waals surface area contributed by atoms with Crippen LogP contribution in [0.4, 0.5) is 9.18 Å². The third-order valence-corrected chi connectivity index (χ3v) is 6.40. The van der Waals surface area contributed by atoms with E-state index in [-0.39, 0.29) is 30.2 Å². The Morgan fingerprint density at radius 1 is 1.19 bits per heavy atom. The lowest BCUT2D eigenvalue weighted by Gasteiger charge is -2.29. The van der Waals surface area contributed by atoms with Crippen molar-refractivity contribution in [2.24, 2.45) is 0 Å². The predicted molar refractivity (Wildman–Crippen MR) is 142 cm³/mol. The minimum atomic E-state index is -0.853. The summed E-state index contributed by atoms with van der Waals surface area (Å²) in [4.78, 5) is 31.2. The molecule has 198 valence electrons. The first-order chi connectivity index (χ1) is 17.5. The number of halogens is 2. The summed E-state index contributed by atoms with van der Waals surface area (Å²) >= 11 is 5.82. The lowest BCUT2D eigenvalue weighted by molar-refractivity contribution is -0.144. The lowest BCUT2D eigenvalue weighted by Crippen LogP contribution is -2.46. The van der Waals surface area contributed by atoms with E-state index in [1.165, 1.54) is 11.0 Å². The minimum Gasteiger partial charge on any atom is -0.463 e. The van der Waals surface area contributed by atoms with Crippen molar-refractivity contribution in [1.82, 2.24) is 15.2 Å². The van der Waals surface area contributed by atoms with E-state index < -0.39 is 29.5 Å². The summed E-state index contributed by atoms with van der Waals surface area (Å²) < 4.78 is 19.7. The van der Waals surface area contributed by atoms with Crippen molar-refractivity contribution in [2.75, 3.05) is 13.7 Å². The van der Waals surface area contributed by atoms with E-state index in [2.05, 4.69) is 10.3 Å². The molecular weight excluding hydrogens is 497 g/mol. The molecule has 0 fully saturated rings. The van der Waals surface area contributed by atoms with Crippen LogP contribution in [0.1, 0.15) is 44.4 Å². The van der Waals surface area contributed by atoms with Crippen LogP contribution in [0, 0.1) is 5.82 Å². The first-order valence-corrected chi connectivity index (χ1v) is 12.6. The van der Waals surface area contributed by atoms with Gasteiger partial charge in [-0.05, 0) is 50.6 Å². The van der Waals surface area contributed by atoms with Gasteiger partial charge in [-0.25, -0.2) is 9.18 Å². The van der Waals surface area contributed by atoms with Crippen molar-refractivity contribution >= 4 is 34.4 Å². The zero-order valence-corrected chi connectivity index (χ0v) is 22.1. The first kappa shape index (κ1) is 28.3. The maximum Gasteiger partial charge on any atom is 0.317 e. The van der Waals surface area contributed by atoms with E-state index in [1.807, 2.05) is 30.3 Å². The van der Waals surface area contributed by atoms with Gasteiger partial charge in [-0.1, -0.05) is 48.0 Å². The van der Waals surface area contributed by atoms with Crippen LogP contribution in [0.3, 0.4) is 0 Å². The van der Waals surface area contributed by atoms with Gasteiger partial charge in [-0.2, -0.15) is 0 Å². The van der Waals surface area contributed by atoms with Crippen LogP contribution in [0.5, 0.6) is 0 Å². The van der Waals surface area contributed by atoms with Crippen molar-refractivity contribution in [3.05, 3.63) is 76.8 Å². The lowest BCUT2D eigenvalue weighted by atomic mass is 9.99. The molecule has 0 unspecified atom stereocenters. The molecule has 2 N–H and O–H groups in total. The summed E-state index contributed by atoms with van der Waals surface area (Å²) in [6.07, 6.45) is 3.35. The largest absolute Gasteiger partial charge is 0.463 e. The zero-order valence-electron chi connectivity index (χ0n) is 21.3. The molecule has 9 heteroatoms. The first-order valence-electron chi connectivity index (χ1n) is 12.2. The Bertz CT molecular complexity index is 1230.